The first-order valence-corrected chi connectivity index (χ1v) is 7.15. The Morgan fingerprint density at radius 2 is 1.38 bits per heavy atom. The standard InChI is InChI=1S/C18H10F2N2O2/c19-11-5-1-9(2-6-11)15-13-14(18(24)21-15)16(22-17(13)23)10-3-7-12(20)8-4-10/h1-8,21,24H. The summed E-state index contributed by atoms with van der Waals surface area (Å²) in [5.41, 5.74) is 2.20. The van der Waals surface area contributed by atoms with Crippen LogP contribution in [0, 0.1) is 11.6 Å². The summed E-state index contributed by atoms with van der Waals surface area (Å²) in [6, 6.07) is 11.0. The number of halogens is 2. The summed E-state index contributed by atoms with van der Waals surface area (Å²) in [4.78, 5) is 19.1. The van der Waals surface area contributed by atoms with Gasteiger partial charge in [-0.15, -0.1) is 0 Å². The lowest BCUT2D eigenvalue weighted by molar-refractivity contribution is 0.101. The van der Waals surface area contributed by atoms with E-state index in [0.29, 0.717) is 16.8 Å². The van der Waals surface area contributed by atoms with Crippen LogP contribution in [0.15, 0.2) is 53.5 Å². The Balaban J connectivity index is 1.87. The molecule has 1 aliphatic rings. The molecule has 4 rings (SSSR count). The number of amides is 1. The predicted octanol–water partition coefficient (Wildman–Crippen LogP) is 3.66. The van der Waals surface area contributed by atoms with Crippen molar-refractivity contribution in [2.45, 2.75) is 0 Å². The fourth-order valence-electron chi connectivity index (χ4n) is 2.79. The number of aromatic nitrogens is 1. The van der Waals surface area contributed by atoms with E-state index in [9.17, 15) is 18.7 Å². The van der Waals surface area contributed by atoms with Gasteiger partial charge < -0.3 is 10.1 Å². The summed E-state index contributed by atoms with van der Waals surface area (Å²) < 4.78 is 26.2. The highest BCUT2D eigenvalue weighted by molar-refractivity contribution is 6.30. The first-order chi connectivity index (χ1) is 11.5. The molecule has 0 fully saturated rings. The molecule has 2 aromatic carbocycles. The van der Waals surface area contributed by atoms with Crippen LogP contribution >= 0.6 is 0 Å². The Morgan fingerprint density at radius 1 is 0.833 bits per heavy atom. The van der Waals surface area contributed by atoms with Crippen LogP contribution in [-0.2, 0) is 0 Å². The van der Waals surface area contributed by atoms with Crippen molar-refractivity contribution >= 4 is 11.6 Å². The smallest absolute Gasteiger partial charge is 0.280 e. The van der Waals surface area contributed by atoms with Gasteiger partial charge in [0.1, 0.15) is 11.6 Å². The fraction of sp³-hybridized carbons (Fsp3) is 0. The molecule has 24 heavy (non-hydrogen) atoms. The highest BCUT2D eigenvalue weighted by Gasteiger charge is 2.33. The number of nitrogens with zero attached hydrogens (tertiary/aromatic N) is 1. The minimum absolute atomic E-state index is 0.210. The number of hydrogen-bond donors (Lipinski definition) is 2. The lowest BCUT2D eigenvalue weighted by atomic mass is 10.0. The molecule has 2 N–H and O–H groups in total. The quantitative estimate of drug-likeness (QED) is 0.755. The molecule has 1 aromatic heterocycles. The Labute approximate surface area is 135 Å². The number of rotatable bonds is 2. The van der Waals surface area contributed by atoms with Gasteiger partial charge in [-0.05, 0) is 54.1 Å². The van der Waals surface area contributed by atoms with Crippen LogP contribution in [0.5, 0.6) is 5.88 Å². The predicted molar refractivity (Wildman–Crippen MR) is 84.2 cm³/mol. The second kappa shape index (κ2) is 5.13. The average molecular weight is 324 g/mol. The maximum absolute atomic E-state index is 13.1. The Kier molecular flexibility index (Phi) is 3.06. The maximum atomic E-state index is 13.1. The normalized spacial score (nSPS) is 13.1. The molecule has 0 saturated carbocycles. The molecule has 0 unspecified atom stereocenters. The van der Waals surface area contributed by atoms with Crippen LogP contribution in [0.4, 0.5) is 8.78 Å². The first-order valence-electron chi connectivity index (χ1n) is 7.15. The van der Waals surface area contributed by atoms with E-state index in [-0.39, 0.29) is 22.7 Å². The van der Waals surface area contributed by atoms with Crippen molar-refractivity contribution in [2.75, 3.05) is 0 Å². The number of nitrogens with one attached hydrogen (secondary N) is 1. The molecular weight excluding hydrogens is 314 g/mol. The number of aromatic amines is 1. The van der Waals surface area contributed by atoms with E-state index >= 15 is 0 Å². The highest BCUT2D eigenvalue weighted by Crippen LogP contribution is 2.37. The molecule has 0 atom stereocenters. The summed E-state index contributed by atoms with van der Waals surface area (Å²) >= 11 is 0. The lowest BCUT2D eigenvalue weighted by Crippen LogP contribution is -1.99. The molecule has 118 valence electrons. The summed E-state index contributed by atoms with van der Waals surface area (Å²) in [6.45, 7) is 0. The molecule has 0 saturated heterocycles. The summed E-state index contributed by atoms with van der Waals surface area (Å²) in [6.07, 6.45) is 0. The van der Waals surface area contributed by atoms with E-state index in [4.69, 9.17) is 0 Å². The van der Waals surface area contributed by atoms with Gasteiger partial charge in [-0.3, -0.25) is 4.79 Å². The van der Waals surface area contributed by atoms with Gasteiger partial charge in [-0.2, -0.15) is 0 Å². The molecule has 3 aromatic rings. The van der Waals surface area contributed by atoms with Gasteiger partial charge in [0, 0.05) is 5.56 Å². The van der Waals surface area contributed by atoms with Gasteiger partial charge in [0.05, 0.1) is 22.5 Å². The van der Waals surface area contributed by atoms with E-state index < -0.39 is 17.5 Å². The molecule has 1 amide bonds. The van der Waals surface area contributed by atoms with Crippen molar-refractivity contribution < 1.29 is 18.7 Å². The number of aliphatic imine (C=N–C) groups is 1. The van der Waals surface area contributed by atoms with Gasteiger partial charge in [0.15, 0.2) is 5.88 Å². The third-order valence-corrected chi connectivity index (χ3v) is 3.89. The zero-order valence-corrected chi connectivity index (χ0v) is 12.2. The first kappa shape index (κ1) is 14.3. The molecule has 0 aliphatic carbocycles. The van der Waals surface area contributed by atoms with Crippen LogP contribution in [0.2, 0.25) is 0 Å². The van der Waals surface area contributed by atoms with E-state index in [1.54, 1.807) is 0 Å². The van der Waals surface area contributed by atoms with Crippen molar-refractivity contribution in [3.05, 3.63) is 76.9 Å². The second-order valence-electron chi connectivity index (χ2n) is 5.38. The third kappa shape index (κ3) is 2.11. The minimum Gasteiger partial charge on any atom is -0.494 e. The zero-order chi connectivity index (χ0) is 16.8. The topological polar surface area (TPSA) is 65.4 Å². The van der Waals surface area contributed by atoms with Crippen molar-refractivity contribution in [2.24, 2.45) is 4.99 Å². The van der Waals surface area contributed by atoms with Crippen LogP contribution in [0.3, 0.4) is 0 Å². The summed E-state index contributed by atoms with van der Waals surface area (Å²) in [7, 11) is 0. The molecule has 6 heteroatoms. The van der Waals surface area contributed by atoms with Gasteiger partial charge in [0.25, 0.3) is 5.91 Å². The number of carbonyl (C=O) groups excluding carboxylic acids is 1. The number of aromatic hydroxyl groups is 1. The Morgan fingerprint density at radius 3 is 1.96 bits per heavy atom. The lowest BCUT2D eigenvalue weighted by Gasteiger charge is -2.01. The van der Waals surface area contributed by atoms with Crippen molar-refractivity contribution in [1.82, 2.24) is 4.98 Å². The van der Waals surface area contributed by atoms with Gasteiger partial charge in [-0.25, -0.2) is 13.8 Å². The number of hydrogen-bond acceptors (Lipinski definition) is 2. The molecule has 0 radical (unpaired) electrons. The van der Waals surface area contributed by atoms with Crippen LogP contribution in [-0.4, -0.2) is 21.7 Å². The number of carbonyl (C=O) groups is 1. The third-order valence-electron chi connectivity index (χ3n) is 3.89. The summed E-state index contributed by atoms with van der Waals surface area (Å²) in [5.74, 6) is -1.53. The van der Waals surface area contributed by atoms with Crippen LogP contribution < -0.4 is 0 Å². The molecular formula is C18H10F2N2O2. The molecule has 4 nitrogen and oxygen atoms in total. The van der Waals surface area contributed by atoms with E-state index in [1.165, 1.54) is 48.5 Å². The SMILES string of the molecule is O=C1N=C(c2ccc(F)cc2)c2c(O)[nH]c(-c3ccc(F)cc3)c21. The number of fused-ring (bicyclic) bond motifs is 1. The molecule has 2 heterocycles. The van der Waals surface area contributed by atoms with E-state index in [2.05, 4.69) is 9.98 Å². The van der Waals surface area contributed by atoms with Crippen molar-refractivity contribution in [3.8, 4) is 17.1 Å². The van der Waals surface area contributed by atoms with Gasteiger partial charge in [-0.1, -0.05) is 0 Å². The number of H-pyrrole nitrogens is 1. The van der Waals surface area contributed by atoms with Gasteiger partial charge >= 0.3 is 0 Å². The molecule has 1 aliphatic heterocycles. The van der Waals surface area contributed by atoms with E-state index in [1.807, 2.05) is 0 Å². The highest BCUT2D eigenvalue weighted by atomic mass is 19.1. The van der Waals surface area contributed by atoms with Crippen molar-refractivity contribution in [3.63, 3.8) is 0 Å². The molecule has 0 spiro atoms. The monoisotopic (exact) mass is 324 g/mol. The zero-order valence-electron chi connectivity index (χ0n) is 12.2. The Bertz CT molecular complexity index is 987. The second-order valence-corrected chi connectivity index (χ2v) is 5.38. The van der Waals surface area contributed by atoms with Crippen LogP contribution in [0.1, 0.15) is 21.5 Å². The average Bonchev–Trinajstić information content (AvgIpc) is 3.08. The van der Waals surface area contributed by atoms with Gasteiger partial charge in [0.2, 0.25) is 0 Å². The van der Waals surface area contributed by atoms with Crippen LogP contribution in [0.25, 0.3) is 11.3 Å². The Hall–Kier alpha value is -3.28. The summed E-state index contributed by atoms with van der Waals surface area (Å²) in [5, 5.41) is 10.2. The van der Waals surface area contributed by atoms with E-state index in [0.717, 1.165) is 0 Å². The fourth-order valence-corrected chi connectivity index (χ4v) is 2.79. The maximum Gasteiger partial charge on any atom is 0.280 e. The minimum atomic E-state index is -0.514. The number of benzene rings is 2. The largest absolute Gasteiger partial charge is 0.494 e. The van der Waals surface area contributed by atoms with Crippen molar-refractivity contribution in [1.29, 1.82) is 0 Å². The molecule has 0 bridgehead atoms.